The molecule has 6 nitrogen and oxygen atoms in total. The van der Waals surface area contributed by atoms with Gasteiger partial charge in [0.15, 0.2) is 5.82 Å². The Labute approximate surface area is 124 Å². The van der Waals surface area contributed by atoms with E-state index in [1.807, 2.05) is 20.8 Å². The van der Waals surface area contributed by atoms with E-state index in [0.717, 1.165) is 38.1 Å². The third-order valence-corrected chi connectivity index (χ3v) is 3.81. The topological polar surface area (TPSA) is 68.5 Å². The Hall–Kier alpha value is -1.43. The maximum Gasteiger partial charge on any atom is 0.323 e. The lowest BCUT2D eigenvalue weighted by molar-refractivity contribution is -0.160. The van der Waals surface area contributed by atoms with Crippen molar-refractivity contribution in [3.8, 4) is 0 Å². The first-order valence-corrected chi connectivity index (χ1v) is 7.72. The maximum atomic E-state index is 12.3. The zero-order valence-electron chi connectivity index (χ0n) is 13.0. The second-order valence-corrected chi connectivity index (χ2v) is 6.98. The monoisotopic (exact) mass is 293 g/mol. The summed E-state index contributed by atoms with van der Waals surface area (Å²) in [4.78, 5) is 18.8. The van der Waals surface area contributed by atoms with E-state index in [1.165, 1.54) is 0 Å². The van der Waals surface area contributed by atoms with Crippen LogP contribution in [0, 0.1) is 0 Å². The highest BCUT2D eigenvalue weighted by Gasteiger charge is 2.35. The molecule has 1 atom stereocenters. The Morgan fingerprint density at radius 2 is 2.14 bits per heavy atom. The molecule has 6 heteroatoms. The highest BCUT2D eigenvalue weighted by atomic mass is 16.6. The largest absolute Gasteiger partial charge is 0.459 e. The van der Waals surface area contributed by atoms with Crippen molar-refractivity contribution >= 4 is 5.97 Å². The fourth-order valence-electron chi connectivity index (χ4n) is 2.67. The van der Waals surface area contributed by atoms with Crippen molar-refractivity contribution < 1.29 is 14.1 Å². The third kappa shape index (κ3) is 3.61. The van der Waals surface area contributed by atoms with Gasteiger partial charge in [-0.15, -0.1) is 0 Å². The van der Waals surface area contributed by atoms with Crippen LogP contribution in [-0.4, -0.2) is 39.2 Å². The van der Waals surface area contributed by atoms with Crippen molar-refractivity contribution in [2.75, 3.05) is 6.54 Å². The number of ether oxygens (including phenoxy) is 1. The van der Waals surface area contributed by atoms with Gasteiger partial charge in [-0.25, -0.2) is 0 Å². The molecule has 3 rings (SSSR count). The van der Waals surface area contributed by atoms with Crippen molar-refractivity contribution in [3.63, 3.8) is 0 Å². The lowest BCUT2D eigenvalue weighted by atomic mass is 10.1. The number of carbonyl (C=O) groups is 1. The number of hydrogen-bond donors (Lipinski definition) is 0. The lowest BCUT2D eigenvalue weighted by Gasteiger charge is -2.26. The van der Waals surface area contributed by atoms with Crippen molar-refractivity contribution in [1.29, 1.82) is 0 Å². The van der Waals surface area contributed by atoms with Crippen LogP contribution in [-0.2, 0) is 16.1 Å². The summed E-state index contributed by atoms with van der Waals surface area (Å²) in [6, 6.07) is -0.194. The number of rotatable bonds is 4. The van der Waals surface area contributed by atoms with Crippen molar-refractivity contribution in [3.05, 3.63) is 11.7 Å². The quantitative estimate of drug-likeness (QED) is 0.793. The number of likely N-dealkylation sites (tertiary alicyclic amines) is 1. The smallest absolute Gasteiger partial charge is 0.323 e. The van der Waals surface area contributed by atoms with Gasteiger partial charge in [-0.05, 0) is 53.0 Å². The fraction of sp³-hybridized carbons (Fsp3) is 0.800. The number of carbonyl (C=O) groups excluding carboxylic acids is 1. The van der Waals surface area contributed by atoms with Crippen LogP contribution in [0.2, 0.25) is 0 Å². The first kappa shape index (κ1) is 14.5. The zero-order chi connectivity index (χ0) is 15.0. The van der Waals surface area contributed by atoms with E-state index in [4.69, 9.17) is 9.26 Å². The lowest BCUT2D eigenvalue weighted by Crippen LogP contribution is -2.40. The zero-order valence-corrected chi connectivity index (χ0v) is 13.0. The molecular formula is C15H23N3O3. The Bertz CT molecular complexity index is 516. The summed E-state index contributed by atoms with van der Waals surface area (Å²) in [5.74, 6) is 1.76. The normalized spacial score (nSPS) is 23.5. The molecule has 0 bridgehead atoms. The molecule has 0 amide bonds. The minimum atomic E-state index is -0.449. The van der Waals surface area contributed by atoms with Gasteiger partial charge in [0.2, 0.25) is 5.89 Å². The molecule has 1 aliphatic heterocycles. The van der Waals surface area contributed by atoms with Crippen LogP contribution in [0.1, 0.15) is 64.1 Å². The molecule has 0 unspecified atom stereocenters. The molecule has 116 valence electrons. The molecule has 0 N–H and O–H groups in total. The Morgan fingerprint density at radius 1 is 1.38 bits per heavy atom. The first-order chi connectivity index (χ1) is 9.92. The predicted molar refractivity (Wildman–Crippen MR) is 75.6 cm³/mol. The summed E-state index contributed by atoms with van der Waals surface area (Å²) in [5.41, 5.74) is -0.449. The highest BCUT2D eigenvalue weighted by molar-refractivity contribution is 5.76. The van der Waals surface area contributed by atoms with E-state index in [2.05, 4.69) is 15.0 Å². The predicted octanol–water partition coefficient (Wildman–Crippen LogP) is 2.25. The fourth-order valence-corrected chi connectivity index (χ4v) is 2.67. The minimum absolute atomic E-state index is 0.151. The van der Waals surface area contributed by atoms with Crippen LogP contribution >= 0.6 is 0 Å². The van der Waals surface area contributed by atoms with Crippen LogP contribution in [0.25, 0.3) is 0 Å². The van der Waals surface area contributed by atoms with E-state index in [-0.39, 0.29) is 12.0 Å². The average Bonchev–Trinajstić information content (AvgIpc) is 2.95. The Kier molecular flexibility index (Phi) is 3.73. The number of hydrogen-bond acceptors (Lipinski definition) is 6. The molecule has 21 heavy (non-hydrogen) atoms. The molecule has 1 saturated carbocycles. The summed E-state index contributed by atoms with van der Waals surface area (Å²) in [7, 11) is 0. The van der Waals surface area contributed by atoms with E-state index in [0.29, 0.717) is 18.4 Å². The van der Waals surface area contributed by atoms with E-state index in [1.54, 1.807) is 0 Å². The molecule has 0 radical (unpaired) electrons. The maximum absolute atomic E-state index is 12.3. The molecule has 1 saturated heterocycles. The molecule has 0 aromatic carbocycles. The molecule has 0 spiro atoms. The van der Waals surface area contributed by atoms with Crippen LogP contribution in [0.3, 0.4) is 0 Å². The first-order valence-electron chi connectivity index (χ1n) is 7.72. The van der Waals surface area contributed by atoms with Crippen LogP contribution < -0.4 is 0 Å². The number of aromatic nitrogens is 2. The summed E-state index contributed by atoms with van der Waals surface area (Å²) >= 11 is 0. The molecular weight excluding hydrogens is 270 g/mol. The number of nitrogens with zero attached hydrogens (tertiary/aromatic N) is 3. The molecule has 2 fully saturated rings. The summed E-state index contributed by atoms with van der Waals surface area (Å²) in [5, 5.41) is 4.02. The second kappa shape index (κ2) is 5.40. The van der Waals surface area contributed by atoms with Gasteiger partial charge in [0, 0.05) is 5.92 Å². The van der Waals surface area contributed by atoms with Crippen molar-refractivity contribution in [2.24, 2.45) is 0 Å². The van der Waals surface area contributed by atoms with Gasteiger partial charge in [0.1, 0.15) is 11.6 Å². The minimum Gasteiger partial charge on any atom is -0.459 e. The van der Waals surface area contributed by atoms with Gasteiger partial charge in [-0.1, -0.05) is 5.16 Å². The summed E-state index contributed by atoms with van der Waals surface area (Å²) in [6.07, 6.45) is 4.14. The summed E-state index contributed by atoms with van der Waals surface area (Å²) in [6.45, 7) is 7.08. The van der Waals surface area contributed by atoms with Crippen LogP contribution in [0.15, 0.2) is 4.52 Å². The van der Waals surface area contributed by atoms with Crippen molar-refractivity contribution in [2.45, 2.75) is 70.6 Å². The Balaban J connectivity index is 1.61. The van der Waals surface area contributed by atoms with Crippen LogP contribution in [0.4, 0.5) is 0 Å². The van der Waals surface area contributed by atoms with Gasteiger partial charge in [-0.3, -0.25) is 9.69 Å². The molecule has 1 aromatic rings. The molecule has 2 heterocycles. The standard InChI is InChI=1S/C15H23N3O3/c1-15(2,3)20-14(19)11-5-4-8-18(11)9-12-16-13(17-21-12)10-6-7-10/h10-11H,4-9H2,1-3H3/t11-/m1/s1. The van der Waals surface area contributed by atoms with E-state index < -0.39 is 5.60 Å². The molecule has 1 aliphatic carbocycles. The molecule has 1 aromatic heterocycles. The highest BCUT2D eigenvalue weighted by Crippen LogP contribution is 2.38. The van der Waals surface area contributed by atoms with E-state index >= 15 is 0 Å². The van der Waals surface area contributed by atoms with Gasteiger partial charge < -0.3 is 9.26 Å². The van der Waals surface area contributed by atoms with Crippen molar-refractivity contribution in [1.82, 2.24) is 15.0 Å². The van der Waals surface area contributed by atoms with Gasteiger partial charge in [0.05, 0.1) is 6.54 Å². The Morgan fingerprint density at radius 3 is 2.81 bits per heavy atom. The van der Waals surface area contributed by atoms with E-state index in [9.17, 15) is 4.79 Å². The van der Waals surface area contributed by atoms with Crippen LogP contribution in [0.5, 0.6) is 0 Å². The molecule has 2 aliphatic rings. The average molecular weight is 293 g/mol. The van der Waals surface area contributed by atoms with Gasteiger partial charge in [0.25, 0.3) is 0 Å². The SMILES string of the molecule is CC(C)(C)OC(=O)[C@H]1CCCN1Cc1nc(C2CC2)no1. The van der Waals surface area contributed by atoms with Gasteiger partial charge >= 0.3 is 5.97 Å². The third-order valence-electron chi connectivity index (χ3n) is 3.81. The summed E-state index contributed by atoms with van der Waals surface area (Å²) < 4.78 is 10.8. The van der Waals surface area contributed by atoms with Gasteiger partial charge in [-0.2, -0.15) is 4.98 Å². The number of esters is 1. The second-order valence-electron chi connectivity index (χ2n) is 6.98.